The fourth-order valence-corrected chi connectivity index (χ4v) is 5.05. The summed E-state index contributed by atoms with van der Waals surface area (Å²) < 4.78 is 34.4. The zero-order chi connectivity index (χ0) is 24.7. The first-order valence-electron chi connectivity index (χ1n) is 11.0. The van der Waals surface area contributed by atoms with Gasteiger partial charge in [-0.05, 0) is 36.5 Å². The number of rotatable bonds is 8. The maximum absolute atomic E-state index is 13.0. The number of nitrogens with one attached hydrogen (secondary N) is 2. The molecule has 1 saturated heterocycles. The van der Waals surface area contributed by atoms with Crippen molar-refractivity contribution in [3.63, 3.8) is 0 Å². The Morgan fingerprint density at radius 2 is 1.86 bits per heavy atom. The van der Waals surface area contributed by atoms with E-state index < -0.39 is 10.0 Å². The Hall–Kier alpha value is -3.38. The van der Waals surface area contributed by atoms with Gasteiger partial charge in [-0.2, -0.15) is 14.5 Å². The molecule has 0 unspecified atom stereocenters. The molecule has 0 radical (unpaired) electrons. The third kappa shape index (κ3) is 6.01. The van der Waals surface area contributed by atoms with Gasteiger partial charge in [0.2, 0.25) is 10.0 Å². The van der Waals surface area contributed by atoms with Crippen molar-refractivity contribution in [3.05, 3.63) is 79.0 Å². The first kappa shape index (κ1) is 24.7. The number of para-hydroxylation sites is 1. The molecule has 11 heteroatoms. The van der Waals surface area contributed by atoms with Gasteiger partial charge in [-0.3, -0.25) is 5.43 Å². The average molecular weight is 511 g/mol. The van der Waals surface area contributed by atoms with Crippen molar-refractivity contribution in [2.24, 2.45) is 5.10 Å². The lowest BCUT2D eigenvalue weighted by Gasteiger charge is -2.26. The Morgan fingerprint density at radius 3 is 2.54 bits per heavy atom. The largest absolute Gasteiger partial charge is 0.379 e. The molecule has 4 rings (SSSR count). The quantitative estimate of drug-likeness (QED) is 0.208. The van der Waals surface area contributed by atoms with Crippen LogP contribution in [0.4, 0.5) is 0 Å². The smallest absolute Gasteiger partial charge is 0.243 e. The molecule has 0 saturated carbocycles. The lowest BCUT2D eigenvalue weighted by molar-refractivity contribution is 0.0730. The summed E-state index contributed by atoms with van der Waals surface area (Å²) in [6.07, 6.45) is 5.18. The number of hydrogen-bond donors (Lipinski definition) is 2. The molecule has 1 aliphatic heterocycles. The summed E-state index contributed by atoms with van der Waals surface area (Å²) in [5.41, 5.74) is 5.80. The predicted octanol–water partition coefficient (Wildman–Crippen LogP) is 2.54. The number of hydrazone groups is 1. The Morgan fingerprint density at radius 1 is 1.14 bits per heavy atom. The van der Waals surface area contributed by atoms with Crippen molar-refractivity contribution >= 4 is 33.6 Å². The van der Waals surface area contributed by atoms with E-state index in [0.717, 1.165) is 16.8 Å². The Balaban J connectivity index is 1.62. The van der Waals surface area contributed by atoms with E-state index in [2.05, 4.69) is 22.4 Å². The lowest BCUT2D eigenvalue weighted by Crippen LogP contribution is -2.40. The van der Waals surface area contributed by atoms with E-state index in [1.54, 1.807) is 41.2 Å². The standard InChI is InChI=1S/C24H26N6O3S2/c1-2-12-25-24(34)27-26-17-20-18-30(21-6-4-3-5-7-21)28-23(20)19-8-10-22(11-9-19)35(31,32)29-13-15-33-16-14-29/h2-11,17-18H,1,12-16H2,(H2,25,27,34)/b26-17-. The summed E-state index contributed by atoms with van der Waals surface area (Å²) in [7, 11) is -3.58. The predicted molar refractivity (Wildman–Crippen MR) is 140 cm³/mol. The number of aromatic nitrogens is 2. The molecular weight excluding hydrogens is 484 g/mol. The summed E-state index contributed by atoms with van der Waals surface area (Å²) in [6, 6.07) is 16.4. The van der Waals surface area contributed by atoms with E-state index in [1.165, 1.54) is 4.31 Å². The molecule has 0 bridgehead atoms. The molecule has 2 N–H and O–H groups in total. The average Bonchev–Trinajstić information content (AvgIpc) is 3.33. The highest BCUT2D eigenvalue weighted by atomic mass is 32.2. The minimum Gasteiger partial charge on any atom is -0.379 e. The maximum Gasteiger partial charge on any atom is 0.243 e. The first-order chi connectivity index (χ1) is 17.0. The molecule has 35 heavy (non-hydrogen) atoms. The zero-order valence-corrected chi connectivity index (χ0v) is 20.6. The molecule has 1 aliphatic rings. The van der Waals surface area contributed by atoms with Crippen molar-refractivity contribution in [1.29, 1.82) is 0 Å². The lowest BCUT2D eigenvalue weighted by atomic mass is 10.1. The van der Waals surface area contributed by atoms with Crippen molar-refractivity contribution in [1.82, 2.24) is 24.8 Å². The Labute approximate surface area is 210 Å². The van der Waals surface area contributed by atoms with E-state index in [9.17, 15) is 8.42 Å². The van der Waals surface area contributed by atoms with E-state index in [-0.39, 0.29) is 4.90 Å². The van der Waals surface area contributed by atoms with Gasteiger partial charge in [0.25, 0.3) is 0 Å². The van der Waals surface area contributed by atoms with Crippen molar-refractivity contribution < 1.29 is 13.2 Å². The zero-order valence-electron chi connectivity index (χ0n) is 19.0. The molecule has 3 aromatic rings. The van der Waals surface area contributed by atoms with E-state index in [4.69, 9.17) is 22.1 Å². The summed E-state index contributed by atoms with van der Waals surface area (Å²) in [4.78, 5) is 0.237. The highest BCUT2D eigenvalue weighted by Crippen LogP contribution is 2.25. The van der Waals surface area contributed by atoms with Crippen LogP contribution in [-0.2, 0) is 14.8 Å². The molecule has 0 atom stereocenters. The minimum absolute atomic E-state index is 0.237. The third-order valence-corrected chi connectivity index (χ3v) is 7.42. The van der Waals surface area contributed by atoms with Crippen molar-refractivity contribution in [2.75, 3.05) is 32.8 Å². The molecule has 2 aromatic carbocycles. The van der Waals surface area contributed by atoms with Crippen LogP contribution in [0.25, 0.3) is 16.9 Å². The van der Waals surface area contributed by atoms with E-state index in [0.29, 0.717) is 43.7 Å². The summed E-state index contributed by atoms with van der Waals surface area (Å²) in [5.74, 6) is 0. The molecule has 0 spiro atoms. The molecule has 0 amide bonds. The SMILES string of the molecule is C=CCNC(=S)N/N=C\c1cn(-c2ccccc2)nc1-c1ccc(S(=O)(=O)N2CCOCC2)cc1. The summed E-state index contributed by atoms with van der Waals surface area (Å²) in [5, 5.41) is 12.3. The monoisotopic (exact) mass is 510 g/mol. The maximum atomic E-state index is 13.0. The van der Waals surface area contributed by atoms with Gasteiger partial charge in [-0.25, -0.2) is 13.1 Å². The summed E-state index contributed by atoms with van der Waals surface area (Å²) in [6.45, 7) is 5.67. The molecular formula is C24H26N6O3S2. The third-order valence-electron chi connectivity index (χ3n) is 5.28. The number of ether oxygens (including phenoxy) is 1. The van der Waals surface area contributed by atoms with Gasteiger partial charge in [0.1, 0.15) is 5.69 Å². The van der Waals surface area contributed by atoms with Gasteiger partial charge < -0.3 is 10.1 Å². The minimum atomic E-state index is -3.58. The highest BCUT2D eigenvalue weighted by molar-refractivity contribution is 7.89. The second-order valence-electron chi connectivity index (χ2n) is 7.62. The number of thiocarbonyl (C=S) groups is 1. The van der Waals surface area contributed by atoms with Crippen LogP contribution in [0.3, 0.4) is 0 Å². The molecule has 182 valence electrons. The van der Waals surface area contributed by atoms with Crippen molar-refractivity contribution in [2.45, 2.75) is 4.90 Å². The topological polar surface area (TPSA) is 101 Å². The van der Waals surface area contributed by atoms with E-state index in [1.807, 2.05) is 36.5 Å². The molecule has 1 fully saturated rings. The number of morpholine rings is 1. The normalized spacial score (nSPS) is 14.6. The number of benzene rings is 2. The fraction of sp³-hybridized carbons (Fsp3) is 0.208. The number of nitrogens with zero attached hydrogens (tertiary/aromatic N) is 4. The van der Waals surface area contributed by atoms with Gasteiger partial charge in [-0.15, -0.1) is 6.58 Å². The van der Waals surface area contributed by atoms with Gasteiger partial charge >= 0.3 is 0 Å². The van der Waals surface area contributed by atoms with Crippen LogP contribution in [-0.4, -0.2) is 66.7 Å². The number of hydrogen-bond acceptors (Lipinski definition) is 6. The molecule has 1 aromatic heterocycles. The van der Waals surface area contributed by atoms with E-state index >= 15 is 0 Å². The van der Waals surface area contributed by atoms with Crippen LogP contribution in [0.5, 0.6) is 0 Å². The van der Waals surface area contributed by atoms with Crippen LogP contribution in [0.15, 0.2) is 83.4 Å². The van der Waals surface area contributed by atoms with Crippen LogP contribution in [0.2, 0.25) is 0 Å². The van der Waals surface area contributed by atoms with Gasteiger partial charge in [0.15, 0.2) is 5.11 Å². The van der Waals surface area contributed by atoms with Crippen LogP contribution in [0.1, 0.15) is 5.56 Å². The van der Waals surface area contributed by atoms with Crippen molar-refractivity contribution in [3.8, 4) is 16.9 Å². The Bertz CT molecular complexity index is 1300. The van der Waals surface area contributed by atoms with Crippen LogP contribution in [0, 0.1) is 0 Å². The molecule has 2 heterocycles. The summed E-state index contributed by atoms with van der Waals surface area (Å²) >= 11 is 5.17. The Kier molecular flexibility index (Phi) is 8.03. The van der Waals surface area contributed by atoms with Crippen LogP contribution < -0.4 is 10.7 Å². The first-order valence-corrected chi connectivity index (χ1v) is 12.8. The van der Waals surface area contributed by atoms with Gasteiger partial charge in [0, 0.05) is 37.0 Å². The van der Waals surface area contributed by atoms with Gasteiger partial charge in [0.05, 0.1) is 30.0 Å². The fourth-order valence-electron chi connectivity index (χ4n) is 3.50. The molecule has 9 nitrogen and oxygen atoms in total. The van der Waals surface area contributed by atoms with Gasteiger partial charge in [-0.1, -0.05) is 36.4 Å². The highest BCUT2D eigenvalue weighted by Gasteiger charge is 2.26. The van der Waals surface area contributed by atoms with Crippen LogP contribution >= 0.6 is 12.2 Å². The number of sulfonamides is 1. The second-order valence-corrected chi connectivity index (χ2v) is 9.97. The second kappa shape index (κ2) is 11.4. The molecule has 0 aliphatic carbocycles.